The molecule has 0 N–H and O–H groups in total. The summed E-state index contributed by atoms with van der Waals surface area (Å²) in [4.78, 5) is 23.9. The van der Waals surface area contributed by atoms with Gasteiger partial charge in [0.05, 0.1) is 0 Å². The molecule has 1 unspecified atom stereocenters. The lowest BCUT2D eigenvalue weighted by atomic mass is 10.1. The molecule has 1 atom stereocenters. The molecule has 0 radical (unpaired) electrons. The Bertz CT molecular complexity index is 743. The van der Waals surface area contributed by atoms with Gasteiger partial charge in [-0.25, -0.2) is 0 Å². The summed E-state index contributed by atoms with van der Waals surface area (Å²) in [5.41, 5.74) is 2.92. The minimum absolute atomic E-state index is 0.0712. The number of benzene rings is 1. The standard InChI is InChI=1S/C19H21N3O2/c1-14-8-6-12-20-17(14)18-21-24-15(2)19(23)22(18)13-7-11-16-9-4-3-5-10-16/h3-6,8-10,12,15H,7,11,13H2,1-2H3. The van der Waals surface area contributed by atoms with Crippen LogP contribution in [0.4, 0.5) is 0 Å². The van der Waals surface area contributed by atoms with Gasteiger partial charge >= 0.3 is 0 Å². The van der Waals surface area contributed by atoms with Crippen molar-refractivity contribution in [3.8, 4) is 0 Å². The van der Waals surface area contributed by atoms with Crippen LogP contribution >= 0.6 is 0 Å². The smallest absolute Gasteiger partial charge is 0.271 e. The maximum absolute atomic E-state index is 12.6. The Kier molecular flexibility index (Phi) is 4.89. The Labute approximate surface area is 142 Å². The first-order chi connectivity index (χ1) is 11.7. The molecule has 0 bridgehead atoms. The highest BCUT2D eigenvalue weighted by Crippen LogP contribution is 2.17. The molecule has 5 nitrogen and oxygen atoms in total. The molecule has 124 valence electrons. The minimum Gasteiger partial charge on any atom is -0.381 e. The number of nitrogens with zero attached hydrogens (tertiary/aromatic N) is 3. The van der Waals surface area contributed by atoms with Crippen LogP contribution in [-0.4, -0.2) is 34.3 Å². The third-order valence-electron chi connectivity index (χ3n) is 4.08. The molecule has 1 aliphatic heterocycles. The van der Waals surface area contributed by atoms with Crippen molar-refractivity contribution in [1.29, 1.82) is 0 Å². The van der Waals surface area contributed by atoms with E-state index in [-0.39, 0.29) is 5.91 Å². The average Bonchev–Trinajstić information content (AvgIpc) is 2.60. The molecule has 1 aromatic heterocycles. The van der Waals surface area contributed by atoms with Gasteiger partial charge in [-0.15, -0.1) is 0 Å². The lowest BCUT2D eigenvalue weighted by Crippen LogP contribution is -2.47. The van der Waals surface area contributed by atoms with Crippen molar-refractivity contribution in [2.75, 3.05) is 6.54 Å². The van der Waals surface area contributed by atoms with Gasteiger partial charge in [0.15, 0.2) is 0 Å². The molecule has 1 amide bonds. The Balaban J connectivity index is 1.77. The van der Waals surface area contributed by atoms with Gasteiger partial charge in [0.1, 0.15) is 5.69 Å². The second-order valence-corrected chi connectivity index (χ2v) is 5.91. The Morgan fingerprint density at radius 2 is 1.96 bits per heavy atom. The quantitative estimate of drug-likeness (QED) is 0.850. The maximum Gasteiger partial charge on any atom is 0.271 e. The van der Waals surface area contributed by atoms with E-state index in [1.54, 1.807) is 18.0 Å². The summed E-state index contributed by atoms with van der Waals surface area (Å²) in [5, 5.41) is 4.16. The van der Waals surface area contributed by atoms with Gasteiger partial charge in [0.25, 0.3) is 5.91 Å². The van der Waals surface area contributed by atoms with Crippen LogP contribution in [0.15, 0.2) is 53.8 Å². The zero-order valence-electron chi connectivity index (χ0n) is 14.0. The third-order valence-corrected chi connectivity index (χ3v) is 4.08. The van der Waals surface area contributed by atoms with Crippen LogP contribution in [-0.2, 0) is 16.1 Å². The second kappa shape index (κ2) is 7.25. The molecule has 2 heterocycles. The molecule has 1 aliphatic rings. The normalized spacial score (nSPS) is 17.4. The average molecular weight is 323 g/mol. The van der Waals surface area contributed by atoms with Crippen LogP contribution in [0.5, 0.6) is 0 Å². The number of carbonyl (C=O) groups is 1. The number of amides is 1. The largest absolute Gasteiger partial charge is 0.381 e. The van der Waals surface area contributed by atoms with Crippen molar-refractivity contribution in [3.05, 3.63) is 65.5 Å². The van der Waals surface area contributed by atoms with Gasteiger partial charge in [-0.3, -0.25) is 14.7 Å². The summed E-state index contributed by atoms with van der Waals surface area (Å²) >= 11 is 0. The SMILES string of the molecule is Cc1cccnc1C1=NOC(C)C(=O)N1CCCc1ccccc1. The van der Waals surface area contributed by atoms with E-state index >= 15 is 0 Å². The minimum atomic E-state index is -0.561. The summed E-state index contributed by atoms with van der Waals surface area (Å²) in [6.07, 6.45) is 2.91. The number of carbonyl (C=O) groups excluding carboxylic acids is 1. The number of oxime groups is 1. The zero-order chi connectivity index (χ0) is 16.9. The van der Waals surface area contributed by atoms with Crippen molar-refractivity contribution in [3.63, 3.8) is 0 Å². The van der Waals surface area contributed by atoms with E-state index < -0.39 is 6.10 Å². The second-order valence-electron chi connectivity index (χ2n) is 5.91. The fourth-order valence-corrected chi connectivity index (χ4v) is 2.74. The van der Waals surface area contributed by atoms with Crippen LogP contribution in [0.25, 0.3) is 0 Å². The molecule has 0 fully saturated rings. The fraction of sp³-hybridized carbons (Fsp3) is 0.316. The highest BCUT2D eigenvalue weighted by Gasteiger charge is 2.32. The van der Waals surface area contributed by atoms with Crippen molar-refractivity contribution in [1.82, 2.24) is 9.88 Å². The molecule has 1 aromatic carbocycles. The summed E-state index contributed by atoms with van der Waals surface area (Å²) in [6.45, 7) is 4.27. The Morgan fingerprint density at radius 3 is 2.71 bits per heavy atom. The molecule has 0 aliphatic carbocycles. The predicted molar refractivity (Wildman–Crippen MR) is 92.5 cm³/mol. The van der Waals surface area contributed by atoms with E-state index in [0.29, 0.717) is 18.1 Å². The van der Waals surface area contributed by atoms with Gasteiger partial charge in [-0.1, -0.05) is 41.6 Å². The molecule has 0 saturated carbocycles. The molecular weight excluding hydrogens is 302 g/mol. The van der Waals surface area contributed by atoms with Crippen LogP contribution in [0.2, 0.25) is 0 Å². The van der Waals surface area contributed by atoms with Crippen LogP contribution in [0.1, 0.15) is 30.2 Å². The van der Waals surface area contributed by atoms with Gasteiger partial charge in [-0.05, 0) is 43.9 Å². The lowest BCUT2D eigenvalue weighted by molar-refractivity contribution is -0.141. The van der Waals surface area contributed by atoms with E-state index in [9.17, 15) is 4.79 Å². The maximum atomic E-state index is 12.6. The number of aromatic nitrogens is 1. The van der Waals surface area contributed by atoms with E-state index in [0.717, 1.165) is 18.4 Å². The van der Waals surface area contributed by atoms with E-state index in [1.165, 1.54) is 5.56 Å². The number of hydrogen-bond acceptors (Lipinski definition) is 4. The van der Waals surface area contributed by atoms with Gasteiger partial charge in [0, 0.05) is 12.7 Å². The fourth-order valence-electron chi connectivity index (χ4n) is 2.74. The first kappa shape index (κ1) is 16.2. The topological polar surface area (TPSA) is 54.8 Å². The number of pyridine rings is 1. The molecule has 5 heteroatoms. The third kappa shape index (κ3) is 3.45. The highest BCUT2D eigenvalue weighted by molar-refractivity contribution is 6.09. The number of hydrogen-bond donors (Lipinski definition) is 0. The van der Waals surface area contributed by atoms with E-state index in [2.05, 4.69) is 22.3 Å². The summed E-state index contributed by atoms with van der Waals surface area (Å²) in [5.74, 6) is 0.433. The van der Waals surface area contributed by atoms with Gasteiger partial charge < -0.3 is 4.84 Å². The number of aryl methyl sites for hydroxylation is 2. The van der Waals surface area contributed by atoms with E-state index in [4.69, 9.17) is 4.84 Å². The van der Waals surface area contributed by atoms with Gasteiger partial charge in [-0.2, -0.15) is 0 Å². The lowest BCUT2D eigenvalue weighted by Gasteiger charge is -2.30. The molecule has 2 aromatic rings. The summed E-state index contributed by atoms with van der Waals surface area (Å²) in [7, 11) is 0. The molecule has 24 heavy (non-hydrogen) atoms. The van der Waals surface area contributed by atoms with Crippen LogP contribution in [0.3, 0.4) is 0 Å². The molecule has 3 rings (SSSR count). The first-order valence-corrected chi connectivity index (χ1v) is 8.18. The Morgan fingerprint density at radius 1 is 1.17 bits per heavy atom. The number of amidine groups is 1. The van der Waals surface area contributed by atoms with Crippen LogP contribution in [0, 0.1) is 6.92 Å². The highest BCUT2D eigenvalue weighted by atomic mass is 16.6. The zero-order valence-corrected chi connectivity index (χ0v) is 14.0. The number of rotatable bonds is 5. The molecule has 0 saturated heterocycles. The van der Waals surface area contributed by atoms with E-state index in [1.807, 2.05) is 37.3 Å². The van der Waals surface area contributed by atoms with Crippen LogP contribution < -0.4 is 0 Å². The molecule has 0 spiro atoms. The van der Waals surface area contributed by atoms with Gasteiger partial charge in [0.2, 0.25) is 11.9 Å². The van der Waals surface area contributed by atoms with Crippen molar-refractivity contribution >= 4 is 11.7 Å². The van der Waals surface area contributed by atoms with Crippen molar-refractivity contribution in [2.45, 2.75) is 32.8 Å². The first-order valence-electron chi connectivity index (χ1n) is 8.18. The predicted octanol–water partition coefficient (Wildman–Crippen LogP) is 2.93. The summed E-state index contributed by atoms with van der Waals surface area (Å²) < 4.78 is 0. The van der Waals surface area contributed by atoms with Crippen molar-refractivity contribution < 1.29 is 9.63 Å². The monoisotopic (exact) mass is 323 g/mol. The summed E-state index contributed by atoms with van der Waals surface area (Å²) in [6, 6.07) is 14.1. The Hall–Kier alpha value is -2.69. The molecular formula is C19H21N3O2. The van der Waals surface area contributed by atoms with Crippen molar-refractivity contribution in [2.24, 2.45) is 5.16 Å².